The summed E-state index contributed by atoms with van der Waals surface area (Å²) in [5.41, 5.74) is 0.794. The Morgan fingerprint density at radius 1 is 0.731 bits per heavy atom. The molecule has 0 saturated heterocycles. The quantitative estimate of drug-likeness (QED) is 0.412. The highest BCUT2D eigenvalue weighted by molar-refractivity contribution is 6.40. The van der Waals surface area contributed by atoms with Gasteiger partial charge < -0.3 is 9.47 Å². The molecule has 0 aliphatic heterocycles. The van der Waals surface area contributed by atoms with Crippen LogP contribution in [0.25, 0.3) is 0 Å². The molecule has 0 aromatic heterocycles. The largest absolute Gasteiger partial charge is 0.462 e. The second-order valence-corrected chi connectivity index (χ2v) is 6.21. The van der Waals surface area contributed by atoms with Gasteiger partial charge in [0.15, 0.2) is 0 Å². The molecular weight excluding hydrogens is 332 g/mol. The number of ketones is 1. The Balaban J connectivity index is 1.76. The summed E-state index contributed by atoms with van der Waals surface area (Å²) in [6.07, 6.45) is 0. The smallest absolute Gasteiger partial charge is 0.379 e. The molecular formula is C21H22O5. The van der Waals surface area contributed by atoms with Gasteiger partial charge in [-0.2, -0.15) is 0 Å². The first-order chi connectivity index (χ1) is 12.5. The lowest BCUT2D eigenvalue weighted by Crippen LogP contribution is -2.25. The minimum atomic E-state index is -0.878. The predicted molar refractivity (Wildman–Crippen MR) is 96.8 cm³/mol. The molecule has 26 heavy (non-hydrogen) atoms. The molecule has 5 nitrogen and oxygen atoms in total. The van der Waals surface area contributed by atoms with Crippen molar-refractivity contribution < 1.29 is 23.9 Å². The van der Waals surface area contributed by atoms with Crippen LogP contribution in [-0.2, 0) is 14.3 Å². The van der Waals surface area contributed by atoms with Gasteiger partial charge in [-0.25, -0.2) is 9.59 Å². The van der Waals surface area contributed by atoms with Crippen LogP contribution < -0.4 is 0 Å². The molecule has 2 aromatic carbocycles. The minimum Gasteiger partial charge on any atom is -0.462 e. The molecule has 0 amide bonds. The molecule has 5 heteroatoms. The zero-order valence-corrected chi connectivity index (χ0v) is 14.9. The fourth-order valence-electron chi connectivity index (χ4n) is 2.17. The van der Waals surface area contributed by atoms with Gasteiger partial charge in [-0.05, 0) is 24.0 Å². The number of rotatable bonds is 8. The summed E-state index contributed by atoms with van der Waals surface area (Å²) >= 11 is 0. The summed E-state index contributed by atoms with van der Waals surface area (Å²) in [5, 5.41) is 0. The lowest BCUT2D eigenvalue weighted by atomic mass is 9.98. The molecule has 0 bridgehead atoms. The van der Waals surface area contributed by atoms with Crippen LogP contribution in [0.1, 0.15) is 34.6 Å². The maximum atomic E-state index is 12.0. The van der Waals surface area contributed by atoms with Gasteiger partial charge in [0.25, 0.3) is 5.78 Å². The van der Waals surface area contributed by atoms with Crippen molar-refractivity contribution in [2.24, 2.45) is 11.8 Å². The lowest BCUT2D eigenvalue weighted by Gasteiger charge is -2.19. The van der Waals surface area contributed by atoms with Crippen LogP contribution in [0.4, 0.5) is 0 Å². The minimum absolute atomic E-state index is 0.0257. The molecule has 0 saturated carbocycles. The van der Waals surface area contributed by atoms with E-state index in [9.17, 15) is 14.4 Å². The number of carbonyl (C=O) groups excluding carboxylic acids is 3. The van der Waals surface area contributed by atoms with Crippen molar-refractivity contribution in [2.45, 2.75) is 13.8 Å². The van der Waals surface area contributed by atoms with E-state index in [4.69, 9.17) is 9.47 Å². The average molecular weight is 354 g/mol. The van der Waals surface area contributed by atoms with E-state index >= 15 is 0 Å². The second-order valence-electron chi connectivity index (χ2n) is 6.21. The summed E-state index contributed by atoms with van der Waals surface area (Å²) in [6.45, 7) is 4.07. The zero-order valence-electron chi connectivity index (χ0n) is 14.9. The summed E-state index contributed by atoms with van der Waals surface area (Å²) in [4.78, 5) is 35.8. The maximum Gasteiger partial charge on any atom is 0.379 e. The maximum absolute atomic E-state index is 12.0. The number of carbonyl (C=O) groups is 3. The zero-order chi connectivity index (χ0) is 18.9. The third-order valence-electron chi connectivity index (χ3n) is 4.16. The number of hydrogen-bond donors (Lipinski definition) is 0. The van der Waals surface area contributed by atoms with Gasteiger partial charge in [-0.3, -0.25) is 4.79 Å². The van der Waals surface area contributed by atoms with Crippen LogP contribution in [0.2, 0.25) is 0 Å². The topological polar surface area (TPSA) is 69.7 Å². The highest BCUT2D eigenvalue weighted by Crippen LogP contribution is 2.14. The van der Waals surface area contributed by atoms with E-state index in [2.05, 4.69) is 0 Å². The standard InChI is InChI=1S/C21H22O5/c1-15(13-25-20(23)18-11-7-4-8-12-18)16(2)14-26-21(24)19(22)17-9-5-3-6-10-17/h3-12,15-16H,13-14H2,1-2H3. The molecule has 0 N–H and O–H groups in total. The molecule has 2 rings (SSSR count). The van der Waals surface area contributed by atoms with Gasteiger partial charge in [0.05, 0.1) is 18.8 Å². The number of benzene rings is 2. The van der Waals surface area contributed by atoms with E-state index in [0.717, 1.165) is 0 Å². The van der Waals surface area contributed by atoms with Gasteiger partial charge in [0.2, 0.25) is 0 Å². The van der Waals surface area contributed by atoms with Gasteiger partial charge in [0.1, 0.15) is 0 Å². The van der Waals surface area contributed by atoms with Crippen LogP contribution in [0.3, 0.4) is 0 Å². The SMILES string of the molecule is CC(COC(=O)C(=O)c1ccccc1)C(C)COC(=O)c1ccccc1. The Morgan fingerprint density at radius 2 is 1.19 bits per heavy atom. The molecule has 0 spiro atoms. The van der Waals surface area contributed by atoms with Crippen molar-refractivity contribution in [3.05, 3.63) is 71.8 Å². The molecule has 2 aromatic rings. The summed E-state index contributed by atoms with van der Waals surface area (Å²) < 4.78 is 10.4. The third kappa shape index (κ3) is 5.55. The predicted octanol–water partition coefficient (Wildman–Crippen LogP) is 3.54. The first-order valence-corrected chi connectivity index (χ1v) is 8.47. The monoisotopic (exact) mass is 354 g/mol. The molecule has 2 atom stereocenters. The summed E-state index contributed by atoms with van der Waals surface area (Å²) in [6, 6.07) is 17.0. The van der Waals surface area contributed by atoms with Gasteiger partial charge in [-0.15, -0.1) is 0 Å². The van der Waals surface area contributed by atoms with Crippen molar-refractivity contribution >= 4 is 17.7 Å². The van der Waals surface area contributed by atoms with Crippen LogP contribution in [0.15, 0.2) is 60.7 Å². The molecule has 0 aliphatic carbocycles. The highest BCUT2D eigenvalue weighted by atomic mass is 16.5. The van der Waals surface area contributed by atoms with Crippen molar-refractivity contribution in [3.8, 4) is 0 Å². The van der Waals surface area contributed by atoms with Gasteiger partial charge in [0, 0.05) is 5.56 Å². The number of ether oxygens (including phenoxy) is 2. The number of Topliss-reactive ketones (excluding diaryl/α,β-unsaturated/α-hetero) is 1. The Hall–Kier alpha value is -2.95. The highest BCUT2D eigenvalue weighted by Gasteiger charge is 2.21. The summed E-state index contributed by atoms with van der Waals surface area (Å²) in [5.74, 6) is -2.02. The Kier molecular flexibility index (Phi) is 7.09. The lowest BCUT2D eigenvalue weighted by molar-refractivity contribution is -0.139. The first kappa shape index (κ1) is 19.4. The first-order valence-electron chi connectivity index (χ1n) is 8.47. The third-order valence-corrected chi connectivity index (χ3v) is 4.16. The van der Waals surface area contributed by atoms with E-state index in [-0.39, 0.29) is 31.0 Å². The molecule has 0 aliphatic rings. The fraction of sp³-hybridized carbons (Fsp3) is 0.286. The van der Waals surface area contributed by atoms with Crippen LogP contribution in [0.5, 0.6) is 0 Å². The average Bonchev–Trinajstić information content (AvgIpc) is 2.70. The molecule has 0 heterocycles. The second kappa shape index (κ2) is 9.51. The van der Waals surface area contributed by atoms with Crippen molar-refractivity contribution in [1.29, 1.82) is 0 Å². The fourth-order valence-corrected chi connectivity index (χ4v) is 2.17. The Morgan fingerprint density at radius 3 is 1.73 bits per heavy atom. The van der Waals surface area contributed by atoms with Crippen LogP contribution in [-0.4, -0.2) is 30.9 Å². The van der Waals surface area contributed by atoms with Gasteiger partial charge >= 0.3 is 11.9 Å². The van der Waals surface area contributed by atoms with E-state index in [1.54, 1.807) is 54.6 Å². The van der Waals surface area contributed by atoms with Gasteiger partial charge in [-0.1, -0.05) is 62.4 Å². The van der Waals surface area contributed by atoms with Crippen LogP contribution in [0, 0.1) is 11.8 Å². The van der Waals surface area contributed by atoms with E-state index in [1.807, 2.05) is 19.9 Å². The molecule has 0 radical (unpaired) electrons. The number of hydrogen-bond acceptors (Lipinski definition) is 5. The normalized spacial score (nSPS) is 12.7. The van der Waals surface area contributed by atoms with E-state index < -0.39 is 11.8 Å². The molecule has 0 fully saturated rings. The molecule has 136 valence electrons. The van der Waals surface area contributed by atoms with Crippen molar-refractivity contribution in [1.82, 2.24) is 0 Å². The van der Waals surface area contributed by atoms with E-state index in [0.29, 0.717) is 11.1 Å². The van der Waals surface area contributed by atoms with E-state index in [1.165, 1.54) is 0 Å². The molecule has 2 unspecified atom stereocenters. The van der Waals surface area contributed by atoms with Crippen molar-refractivity contribution in [2.75, 3.05) is 13.2 Å². The Labute approximate surface area is 152 Å². The van der Waals surface area contributed by atoms with Crippen LogP contribution >= 0.6 is 0 Å². The number of esters is 2. The van der Waals surface area contributed by atoms with Crippen molar-refractivity contribution in [3.63, 3.8) is 0 Å². The summed E-state index contributed by atoms with van der Waals surface area (Å²) in [7, 11) is 0. The Bertz CT molecular complexity index is 740.